The summed E-state index contributed by atoms with van der Waals surface area (Å²) >= 11 is 7.32. The summed E-state index contributed by atoms with van der Waals surface area (Å²) in [5.74, 6) is 0. The molecule has 1 atom stereocenters. The molecule has 4 heteroatoms. The van der Waals surface area contributed by atoms with E-state index in [1.807, 2.05) is 12.1 Å². The molecule has 1 rings (SSSR count). The quantitative estimate of drug-likeness (QED) is 0.880. The second-order valence-corrected chi connectivity index (χ2v) is 6.94. The minimum atomic E-state index is -0.399. The minimum absolute atomic E-state index is 0.154. The summed E-state index contributed by atoms with van der Waals surface area (Å²) < 4.78 is 0.738. The third-order valence-corrected chi connectivity index (χ3v) is 4.26. The van der Waals surface area contributed by atoms with Crippen LogP contribution in [0.1, 0.15) is 45.1 Å². The molecule has 0 aliphatic carbocycles. The van der Waals surface area contributed by atoms with Gasteiger partial charge in [0.25, 0.3) is 0 Å². The van der Waals surface area contributed by atoms with Gasteiger partial charge >= 0.3 is 0 Å². The molecular weight excluding hydrogens is 254 g/mol. The first-order valence-corrected chi connectivity index (χ1v) is 7.22. The van der Waals surface area contributed by atoms with Crippen LogP contribution in [-0.2, 0) is 0 Å². The van der Waals surface area contributed by atoms with Crippen LogP contribution in [0.4, 0.5) is 0 Å². The van der Waals surface area contributed by atoms with Crippen LogP contribution in [0.5, 0.6) is 0 Å². The van der Waals surface area contributed by atoms with Crippen LogP contribution >= 0.6 is 22.9 Å². The van der Waals surface area contributed by atoms with Gasteiger partial charge in [-0.1, -0.05) is 18.5 Å². The van der Waals surface area contributed by atoms with Crippen LogP contribution in [0.2, 0.25) is 4.34 Å². The molecule has 0 spiro atoms. The number of aliphatic hydroxyl groups excluding tert-OH is 1. The lowest BCUT2D eigenvalue weighted by atomic mass is 10.0. The Labute approximate surface area is 113 Å². The van der Waals surface area contributed by atoms with Crippen molar-refractivity contribution in [2.24, 2.45) is 0 Å². The summed E-state index contributed by atoms with van der Waals surface area (Å²) in [5.41, 5.74) is 0.154. The smallest absolute Gasteiger partial charge is 0.0932 e. The van der Waals surface area contributed by atoms with E-state index in [1.54, 1.807) is 0 Å². The fraction of sp³-hybridized carbons (Fsp3) is 0.692. The van der Waals surface area contributed by atoms with Crippen LogP contribution in [-0.4, -0.2) is 28.6 Å². The van der Waals surface area contributed by atoms with Gasteiger partial charge in [-0.25, -0.2) is 0 Å². The fourth-order valence-electron chi connectivity index (χ4n) is 1.90. The molecule has 1 unspecified atom stereocenters. The van der Waals surface area contributed by atoms with Crippen molar-refractivity contribution in [2.75, 3.05) is 13.1 Å². The Balaban J connectivity index is 2.50. The third kappa shape index (κ3) is 4.59. The molecule has 0 aromatic carbocycles. The maximum atomic E-state index is 10.1. The van der Waals surface area contributed by atoms with Gasteiger partial charge in [0.15, 0.2) is 0 Å². The molecule has 0 saturated carbocycles. The van der Waals surface area contributed by atoms with E-state index in [-0.39, 0.29) is 5.54 Å². The normalized spacial score (nSPS) is 14.3. The molecule has 0 aliphatic rings. The minimum Gasteiger partial charge on any atom is -0.388 e. The number of aliphatic hydroxyl groups is 1. The number of nitrogens with zero attached hydrogens (tertiary/aromatic N) is 1. The summed E-state index contributed by atoms with van der Waals surface area (Å²) in [7, 11) is 0. The molecule has 0 amide bonds. The molecule has 1 aromatic rings. The molecule has 0 fully saturated rings. The number of halogens is 1. The molecular formula is C13H22ClNOS. The molecule has 2 nitrogen and oxygen atoms in total. The zero-order chi connectivity index (χ0) is 13.1. The highest BCUT2D eigenvalue weighted by molar-refractivity contribution is 7.16. The maximum absolute atomic E-state index is 10.1. The van der Waals surface area contributed by atoms with Gasteiger partial charge in [0.05, 0.1) is 10.4 Å². The van der Waals surface area contributed by atoms with Crippen molar-refractivity contribution in [2.45, 2.75) is 45.8 Å². The lowest BCUT2D eigenvalue weighted by molar-refractivity contribution is 0.101. The highest BCUT2D eigenvalue weighted by atomic mass is 35.5. The van der Waals surface area contributed by atoms with E-state index in [9.17, 15) is 5.11 Å². The van der Waals surface area contributed by atoms with Gasteiger partial charge in [0, 0.05) is 17.0 Å². The highest BCUT2D eigenvalue weighted by Gasteiger charge is 2.20. The molecule has 98 valence electrons. The van der Waals surface area contributed by atoms with E-state index in [4.69, 9.17) is 11.6 Å². The van der Waals surface area contributed by atoms with Gasteiger partial charge in [0.1, 0.15) is 0 Å². The zero-order valence-corrected chi connectivity index (χ0v) is 12.6. The van der Waals surface area contributed by atoms with E-state index in [2.05, 4.69) is 32.6 Å². The van der Waals surface area contributed by atoms with Crippen LogP contribution < -0.4 is 0 Å². The largest absolute Gasteiger partial charge is 0.388 e. The highest BCUT2D eigenvalue weighted by Crippen LogP contribution is 2.29. The van der Waals surface area contributed by atoms with Crippen molar-refractivity contribution < 1.29 is 5.11 Å². The van der Waals surface area contributed by atoms with Gasteiger partial charge in [0.2, 0.25) is 0 Å². The Bertz CT molecular complexity index is 345. The number of thiophene rings is 1. The monoisotopic (exact) mass is 275 g/mol. The van der Waals surface area contributed by atoms with Crippen molar-refractivity contribution in [3.63, 3.8) is 0 Å². The van der Waals surface area contributed by atoms with Crippen molar-refractivity contribution in [1.82, 2.24) is 4.90 Å². The summed E-state index contributed by atoms with van der Waals surface area (Å²) in [6.45, 7) is 10.7. The van der Waals surface area contributed by atoms with Gasteiger partial charge in [-0.3, -0.25) is 4.90 Å². The number of hydrogen-bond acceptors (Lipinski definition) is 3. The molecule has 1 heterocycles. The van der Waals surface area contributed by atoms with Crippen molar-refractivity contribution in [1.29, 1.82) is 0 Å². The Kier molecular flexibility index (Phi) is 5.45. The third-order valence-electron chi connectivity index (χ3n) is 2.93. The van der Waals surface area contributed by atoms with Gasteiger partial charge in [-0.15, -0.1) is 11.3 Å². The topological polar surface area (TPSA) is 23.5 Å². The number of rotatable bonds is 5. The van der Waals surface area contributed by atoms with E-state index in [0.29, 0.717) is 0 Å². The average molecular weight is 276 g/mol. The van der Waals surface area contributed by atoms with Crippen LogP contribution in [0.3, 0.4) is 0 Å². The lowest BCUT2D eigenvalue weighted by Crippen LogP contribution is -2.42. The maximum Gasteiger partial charge on any atom is 0.0932 e. The Morgan fingerprint density at radius 2 is 2.06 bits per heavy atom. The van der Waals surface area contributed by atoms with Crippen molar-refractivity contribution in [3.05, 3.63) is 21.3 Å². The van der Waals surface area contributed by atoms with Gasteiger partial charge in [-0.2, -0.15) is 0 Å². The van der Waals surface area contributed by atoms with Crippen LogP contribution in [0.15, 0.2) is 12.1 Å². The molecule has 1 aromatic heterocycles. The second kappa shape index (κ2) is 6.19. The Morgan fingerprint density at radius 1 is 1.41 bits per heavy atom. The Hall–Kier alpha value is -0.0900. The van der Waals surface area contributed by atoms with E-state index in [0.717, 1.165) is 28.7 Å². The summed E-state index contributed by atoms with van der Waals surface area (Å²) in [4.78, 5) is 3.32. The average Bonchev–Trinajstić information content (AvgIpc) is 2.63. The van der Waals surface area contributed by atoms with Crippen molar-refractivity contribution >= 4 is 22.9 Å². The predicted molar refractivity (Wildman–Crippen MR) is 75.9 cm³/mol. The molecule has 17 heavy (non-hydrogen) atoms. The van der Waals surface area contributed by atoms with Crippen molar-refractivity contribution in [3.8, 4) is 0 Å². The van der Waals surface area contributed by atoms with Crippen LogP contribution in [0, 0.1) is 0 Å². The fourth-order valence-corrected chi connectivity index (χ4v) is 2.98. The first-order valence-electron chi connectivity index (χ1n) is 6.03. The molecule has 0 bridgehead atoms. The van der Waals surface area contributed by atoms with E-state index >= 15 is 0 Å². The second-order valence-electron chi connectivity index (χ2n) is 5.20. The first-order chi connectivity index (χ1) is 7.84. The van der Waals surface area contributed by atoms with E-state index in [1.165, 1.54) is 11.3 Å². The van der Waals surface area contributed by atoms with Crippen LogP contribution in [0.25, 0.3) is 0 Å². The Morgan fingerprint density at radius 3 is 2.47 bits per heavy atom. The summed E-state index contributed by atoms with van der Waals surface area (Å²) in [6, 6.07) is 3.75. The first kappa shape index (κ1) is 15.0. The van der Waals surface area contributed by atoms with Gasteiger partial charge in [-0.05, 0) is 45.9 Å². The van der Waals surface area contributed by atoms with Gasteiger partial charge < -0.3 is 5.11 Å². The zero-order valence-electron chi connectivity index (χ0n) is 11.0. The predicted octanol–water partition coefficient (Wildman–Crippen LogP) is 3.95. The lowest BCUT2D eigenvalue weighted by Gasteiger charge is -2.35. The molecule has 0 saturated heterocycles. The summed E-state index contributed by atoms with van der Waals surface area (Å²) in [6.07, 6.45) is 0.353. The van der Waals surface area contributed by atoms with E-state index < -0.39 is 6.10 Å². The SMILES string of the molecule is CCN(CCC(O)c1ccc(Cl)s1)C(C)(C)C. The number of hydrogen-bond donors (Lipinski definition) is 1. The summed E-state index contributed by atoms with van der Waals surface area (Å²) in [5, 5.41) is 10.1. The standard InChI is InChI=1S/C13H22ClNOS/c1-5-15(13(2,3)4)9-8-10(16)11-6-7-12(14)17-11/h6-7,10,16H,5,8-9H2,1-4H3. The molecule has 1 N–H and O–H groups in total. The molecule has 0 radical (unpaired) electrons. The molecule has 0 aliphatic heterocycles.